The zero-order valence-electron chi connectivity index (χ0n) is 8.31. The molecule has 0 saturated heterocycles. The van der Waals surface area contributed by atoms with E-state index in [1.807, 2.05) is 0 Å². The van der Waals surface area contributed by atoms with Gasteiger partial charge in [-0.1, -0.05) is 13.3 Å². The number of nitrogens with zero attached hydrogens (tertiary/aromatic N) is 1. The molecule has 0 radical (unpaired) electrons. The lowest BCUT2D eigenvalue weighted by molar-refractivity contribution is 0.136. The topological polar surface area (TPSA) is 45.6 Å². The summed E-state index contributed by atoms with van der Waals surface area (Å²) in [6.07, 6.45) is 2.35. The summed E-state index contributed by atoms with van der Waals surface area (Å²) in [4.78, 5) is 4.21. The van der Waals surface area contributed by atoms with Crippen LogP contribution >= 0.6 is 0 Å². The first kappa shape index (κ1) is 10.3. The summed E-state index contributed by atoms with van der Waals surface area (Å²) in [7, 11) is 0. The molecule has 4 heteroatoms. The number of ether oxygens (including phenoxy) is 1. The zero-order chi connectivity index (χ0) is 9.36. The number of guanidine groups is 1. The fourth-order valence-corrected chi connectivity index (χ4v) is 1.11. The molecule has 76 valence electrons. The third kappa shape index (κ3) is 4.72. The molecule has 0 unspecified atom stereocenters. The minimum atomic E-state index is 0.765. The number of hydrogen-bond acceptors (Lipinski definition) is 4. The lowest BCUT2D eigenvalue weighted by Gasteiger charge is -2.06. The molecule has 1 heterocycles. The molecule has 1 rings (SSSR count). The summed E-state index contributed by atoms with van der Waals surface area (Å²) in [5.41, 5.74) is 0. The molecule has 0 amide bonds. The average molecular weight is 185 g/mol. The smallest absolute Gasteiger partial charge is 0.191 e. The first-order chi connectivity index (χ1) is 6.43. The van der Waals surface area contributed by atoms with E-state index in [1.165, 1.54) is 6.42 Å². The predicted octanol–water partition coefficient (Wildman–Crippen LogP) is 0.352. The Hall–Kier alpha value is -0.770. The molecular weight excluding hydrogens is 166 g/mol. The molecule has 1 aliphatic rings. The minimum absolute atomic E-state index is 0.765. The second kappa shape index (κ2) is 6.71. The second-order valence-electron chi connectivity index (χ2n) is 3.05. The third-order valence-electron chi connectivity index (χ3n) is 1.86. The van der Waals surface area contributed by atoms with Gasteiger partial charge in [-0.3, -0.25) is 4.99 Å². The number of aliphatic imine (C=N–C) groups is 1. The van der Waals surface area contributed by atoms with E-state index in [2.05, 4.69) is 22.5 Å². The highest BCUT2D eigenvalue weighted by Gasteiger charge is 2.01. The molecule has 2 N–H and O–H groups in total. The van der Waals surface area contributed by atoms with Gasteiger partial charge in [0.2, 0.25) is 0 Å². The maximum Gasteiger partial charge on any atom is 0.191 e. The van der Waals surface area contributed by atoms with Gasteiger partial charge in [-0.15, -0.1) is 0 Å². The lowest BCUT2D eigenvalue weighted by Crippen LogP contribution is -2.35. The Bertz CT molecular complexity index is 159. The van der Waals surface area contributed by atoms with Crippen LogP contribution in [0.2, 0.25) is 0 Å². The van der Waals surface area contributed by atoms with E-state index in [-0.39, 0.29) is 0 Å². The number of hydrogen-bond donors (Lipinski definition) is 2. The van der Waals surface area contributed by atoms with Crippen LogP contribution in [0.3, 0.4) is 0 Å². The normalized spacial score (nSPS) is 15.3. The molecule has 0 aromatic rings. The van der Waals surface area contributed by atoms with E-state index >= 15 is 0 Å². The van der Waals surface area contributed by atoms with Crippen molar-refractivity contribution in [2.75, 3.05) is 32.8 Å². The van der Waals surface area contributed by atoms with Crippen molar-refractivity contribution >= 4 is 5.96 Å². The first-order valence-corrected chi connectivity index (χ1v) is 5.03. The van der Waals surface area contributed by atoms with E-state index < -0.39 is 0 Å². The Morgan fingerprint density at radius 2 is 2.46 bits per heavy atom. The maximum atomic E-state index is 5.39. The van der Waals surface area contributed by atoms with Crippen LogP contribution < -0.4 is 10.6 Å². The Kier molecular flexibility index (Phi) is 5.33. The number of nitrogens with one attached hydrogen (secondary N) is 2. The van der Waals surface area contributed by atoms with Gasteiger partial charge in [0.1, 0.15) is 0 Å². The van der Waals surface area contributed by atoms with Crippen molar-refractivity contribution in [1.29, 1.82) is 0 Å². The minimum Gasteiger partial charge on any atom is -0.380 e. The standard InChI is InChI=1S/C9H19N3O/c1-2-3-7-13-8-6-12-9-10-4-5-11-9/h2-8H2,1H3,(H2,10,11,12). The SMILES string of the molecule is CCCCOCCNC1=NCCN1. The van der Waals surface area contributed by atoms with Crippen molar-refractivity contribution in [2.24, 2.45) is 4.99 Å². The van der Waals surface area contributed by atoms with Gasteiger partial charge in [-0.05, 0) is 6.42 Å². The Morgan fingerprint density at radius 3 is 3.15 bits per heavy atom. The van der Waals surface area contributed by atoms with Gasteiger partial charge in [-0.25, -0.2) is 0 Å². The summed E-state index contributed by atoms with van der Waals surface area (Å²) in [5.74, 6) is 0.916. The Morgan fingerprint density at radius 1 is 1.54 bits per heavy atom. The molecule has 1 aliphatic heterocycles. The van der Waals surface area contributed by atoms with Crippen LogP contribution in [0.1, 0.15) is 19.8 Å². The average Bonchev–Trinajstić information content (AvgIpc) is 2.63. The van der Waals surface area contributed by atoms with E-state index in [1.54, 1.807) is 0 Å². The quantitative estimate of drug-likeness (QED) is 0.587. The Labute approximate surface area is 79.8 Å². The van der Waals surface area contributed by atoms with Crippen molar-refractivity contribution in [3.05, 3.63) is 0 Å². The van der Waals surface area contributed by atoms with Crippen molar-refractivity contribution < 1.29 is 4.74 Å². The molecule has 4 nitrogen and oxygen atoms in total. The predicted molar refractivity (Wildman–Crippen MR) is 54.0 cm³/mol. The summed E-state index contributed by atoms with van der Waals surface area (Å²) in [6, 6.07) is 0. The van der Waals surface area contributed by atoms with Crippen LogP contribution in [-0.4, -0.2) is 38.8 Å². The third-order valence-corrected chi connectivity index (χ3v) is 1.86. The van der Waals surface area contributed by atoms with Crippen molar-refractivity contribution in [2.45, 2.75) is 19.8 Å². The fraction of sp³-hybridized carbons (Fsp3) is 0.889. The van der Waals surface area contributed by atoms with Crippen molar-refractivity contribution in [3.8, 4) is 0 Å². The molecule has 0 aromatic heterocycles. The highest BCUT2D eigenvalue weighted by molar-refractivity contribution is 5.81. The molecule has 0 fully saturated rings. The largest absolute Gasteiger partial charge is 0.380 e. The van der Waals surface area contributed by atoms with Crippen molar-refractivity contribution in [1.82, 2.24) is 10.6 Å². The molecule has 0 atom stereocenters. The summed E-state index contributed by atoms with van der Waals surface area (Å²) in [6.45, 7) is 6.49. The van der Waals surface area contributed by atoms with Gasteiger partial charge in [0.25, 0.3) is 0 Å². The van der Waals surface area contributed by atoms with Crippen LogP contribution in [0.4, 0.5) is 0 Å². The molecule has 0 bridgehead atoms. The summed E-state index contributed by atoms with van der Waals surface area (Å²) in [5, 5.41) is 6.31. The summed E-state index contributed by atoms with van der Waals surface area (Å²) < 4.78 is 5.39. The maximum absolute atomic E-state index is 5.39. The van der Waals surface area contributed by atoms with Gasteiger partial charge in [-0.2, -0.15) is 0 Å². The fourth-order valence-electron chi connectivity index (χ4n) is 1.11. The van der Waals surface area contributed by atoms with E-state index in [0.717, 1.165) is 45.2 Å². The highest BCUT2D eigenvalue weighted by atomic mass is 16.5. The lowest BCUT2D eigenvalue weighted by atomic mass is 10.4. The van der Waals surface area contributed by atoms with Gasteiger partial charge >= 0.3 is 0 Å². The second-order valence-corrected chi connectivity index (χ2v) is 3.05. The Balaban J connectivity index is 1.83. The van der Waals surface area contributed by atoms with Crippen LogP contribution in [0, 0.1) is 0 Å². The number of rotatable bonds is 6. The monoisotopic (exact) mass is 185 g/mol. The molecule has 0 spiro atoms. The van der Waals surface area contributed by atoms with E-state index in [9.17, 15) is 0 Å². The first-order valence-electron chi connectivity index (χ1n) is 5.03. The van der Waals surface area contributed by atoms with Gasteiger partial charge in [0.05, 0.1) is 13.2 Å². The molecule has 0 aliphatic carbocycles. The highest BCUT2D eigenvalue weighted by Crippen LogP contribution is 1.87. The molecule has 13 heavy (non-hydrogen) atoms. The van der Waals surface area contributed by atoms with Crippen molar-refractivity contribution in [3.63, 3.8) is 0 Å². The summed E-state index contributed by atoms with van der Waals surface area (Å²) >= 11 is 0. The molecule has 0 aromatic carbocycles. The van der Waals surface area contributed by atoms with Gasteiger partial charge in [0.15, 0.2) is 5.96 Å². The number of unbranched alkanes of at least 4 members (excludes halogenated alkanes) is 1. The molecular formula is C9H19N3O. The van der Waals surface area contributed by atoms with Gasteiger partial charge in [0, 0.05) is 19.7 Å². The van der Waals surface area contributed by atoms with Crippen LogP contribution in [-0.2, 0) is 4.74 Å². The van der Waals surface area contributed by atoms with E-state index in [4.69, 9.17) is 4.74 Å². The van der Waals surface area contributed by atoms with Crippen LogP contribution in [0.25, 0.3) is 0 Å². The van der Waals surface area contributed by atoms with Gasteiger partial charge < -0.3 is 15.4 Å². The van der Waals surface area contributed by atoms with Crippen LogP contribution in [0.15, 0.2) is 4.99 Å². The zero-order valence-corrected chi connectivity index (χ0v) is 8.31. The van der Waals surface area contributed by atoms with Crippen LogP contribution in [0.5, 0.6) is 0 Å². The van der Waals surface area contributed by atoms with E-state index in [0.29, 0.717) is 0 Å². The molecule has 0 saturated carbocycles.